The van der Waals surface area contributed by atoms with Crippen LogP contribution in [0.1, 0.15) is 42.8 Å². The number of aryl methyl sites for hydroxylation is 1. The quantitative estimate of drug-likeness (QED) is 0.661. The van der Waals surface area contributed by atoms with Crippen molar-refractivity contribution in [3.63, 3.8) is 0 Å². The van der Waals surface area contributed by atoms with Gasteiger partial charge in [-0.3, -0.25) is 5.10 Å². The summed E-state index contributed by atoms with van der Waals surface area (Å²) in [5, 5.41) is 16.5. The summed E-state index contributed by atoms with van der Waals surface area (Å²) in [6, 6.07) is 0. The van der Waals surface area contributed by atoms with E-state index in [2.05, 4.69) is 10.2 Å². The number of nitrogens with one attached hydrogen (secondary N) is 1. The predicted octanol–water partition coefficient (Wildman–Crippen LogP) is 1.34. The summed E-state index contributed by atoms with van der Waals surface area (Å²) in [5.41, 5.74) is 3.35. The predicted molar refractivity (Wildman–Crippen MR) is 45.9 cm³/mol. The Labute approximate surface area is 71.8 Å². The molecule has 1 aliphatic carbocycles. The van der Waals surface area contributed by atoms with Gasteiger partial charge in [-0.1, -0.05) is 0 Å². The van der Waals surface area contributed by atoms with Gasteiger partial charge >= 0.3 is 0 Å². The number of hydrogen-bond donors (Lipinski definition) is 2. The van der Waals surface area contributed by atoms with Crippen LogP contribution in [0.25, 0.3) is 0 Å². The Morgan fingerprint density at radius 3 is 2.92 bits per heavy atom. The van der Waals surface area contributed by atoms with Gasteiger partial charge in [0.2, 0.25) is 0 Å². The third kappa shape index (κ3) is 1.14. The van der Waals surface area contributed by atoms with E-state index in [9.17, 15) is 5.11 Å². The molecule has 12 heavy (non-hydrogen) atoms. The number of aliphatic hydroxyl groups is 1. The van der Waals surface area contributed by atoms with E-state index in [4.69, 9.17) is 0 Å². The number of hydrogen-bond acceptors (Lipinski definition) is 2. The Kier molecular flexibility index (Phi) is 1.89. The van der Waals surface area contributed by atoms with Crippen LogP contribution in [0.15, 0.2) is 0 Å². The van der Waals surface area contributed by atoms with Crippen molar-refractivity contribution in [1.82, 2.24) is 10.2 Å². The molecule has 0 saturated heterocycles. The van der Waals surface area contributed by atoms with Crippen LogP contribution in [-0.4, -0.2) is 15.3 Å². The highest BCUT2D eigenvalue weighted by Crippen LogP contribution is 2.25. The smallest absolute Gasteiger partial charge is 0.0953 e. The number of fused-ring (bicyclic) bond motifs is 1. The monoisotopic (exact) mass is 166 g/mol. The summed E-state index contributed by atoms with van der Waals surface area (Å²) in [6.45, 7) is 1.77. The van der Waals surface area contributed by atoms with Gasteiger partial charge < -0.3 is 5.11 Å². The standard InChI is InChI=1S/C9H14N2O/c1-6(12)9-7-4-2-3-5-8(7)10-11-9/h6,12H,2-5H2,1H3,(H,10,11)/t6-/m0/s1. The topological polar surface area (TPSA) is 48.9 Å². The van der Waals surface area contributed by atoms with Gasteiger partial charge in [0, 0.05) is 5.69 Å². The first-order valence-electron chi connectivity index (χ1n) is 4.53. The summed E-state index contributed by atoms with van der Waals surface area (Å²) in [7, 11) is 0. The Morgan fingerprint density at radius 2 is 2.17 bits per heavy atom. The van der Waals surface area contributed by atoms with E-state index in [0.29, 0.717) is 0 Å². The number of nitrogens with zero attached hydrogens (tertiary/aromatic N) is 1. The lowest BCUT2D eigenvalue weighted by atomic mass is 9.95. The maximum atomic E-state index is 9.39. The third-order valence-electron chi connectivity index (χ3n) is 2.48. The van der Waals surface area contributed by atoms with Crippen LogP contribution in [0, 0.1) is 0 Å². The van der Waals surface area contributed by atoms with Gasteiger partial charge in [0.1, 0.15) is 0 Å². The molecule has 2 rings (SSSR count). The maximum absolute atomic E-state index is 9.39. The van der Waals surface area contributed by atoms with E-state index in [-0.39, 0.29) is 0 Å². The van der Waals surface area contributed by atoms with Gasteiger partial charge in [-0.25, -0.2) is 0 Å². The van der Waals surface area contributed by atoms with Gasteiger partial charge in [0.15, 0.2) is 0 Å². The highest BCUT2D eigenvalue weighted by atomic mass is 16.3. The van der Waals surface area contributed by atoms with Crippen LogP contribution in [0.2, 0.25) is 0 Å². The van der Waals surface area contributed by atoms with Crippen molar-refractivity contribution in [1.29, 1.82) is 0 Å². The molecule has 0 unspecified atom stereocenters. The average molecular weight is 166 g/mol. The van der Waals surface area contributed by atoms with Crippen LogP contribution < -0.4 is 0 Å². The van der Waals surface area contributed by atoms with Crippen LogP contribution in [-0.2, 0) is 12.8 Å². The Bertz CT molecular complexity index is 278. The Morgan fingerprint density at radius 1 is 1.42 bits per heavy atom. The van der Waals surface area contributed by atoms with Gasteiger partial charge in [-0.2, -0.15) is 5.10 Å². The van der Waals surface area contributed by atoms with Crippen molar-refractivity contribution in [3.05, 3.63) is 17.0 Å². The number of rotatable bonds is 1. The van der Waals surface area contributed by atoms with E-state index >= 15 is 0 Å². The van der Waals surface area contributed by atoms with E-state index in [1.54, 1.807) is 6.92 Å². The minimum atomic E-state index is -0.428. The summed E-state index contributed by atoms with van der Waals surface area (Å²) in [6.07, 6.45) is 4.21. The normalized spacial score (nSPS) is 18.8. The lowest BCUT2D eigenvalue weighted by molar-refractivity contribution is 0.193. The summed E-state index contributed by atoms with van der Waals surface area (Å²) in [5.74, 6) is 0. The number of aromatic nitrogens is 2. The van der Waals surface area contributed by atoms with Gasteiger partial charge in [0.05, 0.1) is 11.8 Å². The second kappa shape index (κ2) is 2.90. The molecule has 66 valence electrons. The Balaban J connectivity index is 2.38. The first-order valence-corrected chi connectivity index (χ1v) is 4.53. The lowest BCUT2D eigenvalue weighted by Crippen LogP contribution is -2.04. The molecular formula is C9H14N2O. The number of aliphatic hydroxyl groups excluding tert-OH is 1. The average Bonchev–Trinajstić information content (AvgIpc) is 2.47. The van der Waals surface area contributed by atoms with Gasteiger partial charge in [-0.15, -0.1) is 0 Å². The van der Waals surface area contributed by atoms with E-state index in [1.807, 2.05) is 0 Å². The largest absolute Gasteiger partial charge is 0.387 e. The van der Waals surface area contributed by atoms with Crippen molar-refractivity contribution in [3.8, 4) is 0 Å². The Hall–Kier alpha value is -0.830. The summed E-state index contributed by atoms with van der Waals surface area (Å²) >= 11 is 0. The molecule has 1 atom stereocenters. The van der Waals surface area contributed by atoms with E-state index < -0.39 is 6.10 Å². The molecule has 0 aromatic carbocycles. The molecule has 1 aromatic heterocycles. The van der Waals surface area contributed by atoms with Crippen molar-refractivity contribution < 1.29 is 5.11 Å². The highest BCUT2D eigenvalue weighted by Gasteiger charge is 2.18. The van der Waals surface area contributed by atoms with Crippen LogP contribution in [0.4, 0.5) is 0 Å². The highest BCUT2D eigenvalue weighted by molar-refractivity contribution is 5.28. The summed E-state index contributed by atoms with van der Waals surface area (Å²) < 4.78 is 0. The second-order valence-corrected chi connectivity index (χ2v) is 3.45. The molecule has 1 aliphatic rings. The minimum absolute atomic E-state index is 0.428. The zero-order valence-corrected chi connectivity index (χ0v) is 7.30. The minimum Gasteiger partial charge on any atom is -0.387 e. The second-order valence-electron chi connectivity index (χ2n) is 3.45. The number of aromatic amines is 1. The van der Waals surface area contributed by atoms with Crippen LogP contribution >= 0.6 is 0 Å². The first-order chi connectivity index (χ1) is 5.79. The fourth-order valence-electron chi connectivity index (χ4n) is 1.85. The SMILES string of the molecule is C[C@H](O)c1n[nH]c2c1CCCC2. The van der Waals surface area contributed by atoms with Crippen molar-refractivity contribution >= 4 is 0 Å². The molecule has 1 aromatic rings. The van der Waals surface area contributed by atoms with Gasteiger partial charge in [-0.05, 0) is 38.2 Å². The third-order valence-corrected chi connectivity index (χ3v) is 2.48. The molecule has 0 spiro atoms. The zero-order chi connectivity index (χ0) is 8.55. The molecule has 0 aliphatic heterocycles. The lowest BCUT2D eigenvalue weighted by Gasteiger charge is -2.11. The van der Waals surface area contributed by atoms with Crippen LogP contribution in [0.5, 0.6) is 0 Å². The van der Waals surface area contributed by atoms with E-state index in [1.165, 1.54) is 24.1 Å². The van der Waals surface area contributed by atoms with Gasteiger partial charge in [0.25, 0.3) is 0 Å². The molecule has 2 N–H and O–H groups in total. The first kappa shape index (κ1) is 7.80. The molecule has 0 amide bonds. The van der Waals surface area contributed by atoms with Crippen molar-refractivity contribution in [2.24, 2.45) is 0 Å². The summed E-state index contributed by atoms with van der Waals surface area (Å²) in [4.78, 5) is 0. The molecule has 0 radical (unpaired) electrons. The fraction of sp³-hybridized carbons (Fsp3) is 0.667. The van der Waals surface area contributed by atoms with E-state index in [0.717, 1.165) is 18.5 Å². The molecule has 0 bridgehead atoms. The van der Waals surface area contributed by atoms with Crippen LogP contribution in [0.3, 0.4) is 0 Å². The molecule has 0 fully saturated rings. The molecule has 1 heterocycles. The number of H-pyrrole nitrogens is 1. The van der Waals surface area contributed by atoms with Crippen molar-refractivity contribution in [2.45, 2.75) is 38.7 Å². The zero-order valence-electron chi connectivity index (χ0n) is 7.30. The fourth-order valence-corrected chi connectivity index (χ4v) is 1.85. The molecule has 3 heteroatoms. The molecule has 0 saturated carbocycles. The molecular weight excluding hydrogens is 152 g/mol. The van der Waals surface area contributed by atoms with Crippen molar-refractivity contribution in [2.75, 3.05) is 0 Å². The molecule has 3 nitrogen and oxygen atoms in total. The maximum Gasteiger partial charge on any atom is 0.0953 e.